The Labute approximate surface area is 136 Å². The molecule has 0 bridgehead atoms. The molecular weight excluding hydrogens is 328 g/mol. The van der Waals surface area contributed by atoms with E-state index in [0.717, 1.165) is 22.8 Å². The smallest absolute Gasteiger partial charge is 0.133 e. The maximum Gasteiger partial charge on any atom is 0.133 e. The van der Waals surface area contributed by atoms with Crippen LogP contribution in [-0.4, -0.2) is 49.1 Å². The Kier molecular flexibility index (Phi) is 5.19. The summed E-state index contributed by atoms with van der Waals surface area (Å²) in [6.45, 7) is 5.91. The van der Waals surface area contributed by atoms with Crippen LogP contribution in [-0.2, 0) is 6.54 Å². The summed E-state index contributed by atoms with van der Waals surface area (Å²) in [6.07, 6.45) is 5.71. The van der Waals surface area contributed by atoms with Crippen molar-refractivity contribution in [3.05, 3.63) is 28.2 Å². The average Bonchev–Trinajstić information content (AvgIpc) is 3.02. The van der Waals surface area contributed by atoms with Crippen LogP contribution in [0.15, 0.2) is 22.7 Å². The van der Waals surface area contributed by atoms with Crippen molar-refractivity contribution < 1.29 is 4.74 Å². The van der Waals surface area contributed by atoms with Crippen molar-refractivity contribution in [2.45, 2.75) is 38.3 Å². The van der Waals surface area contributed by atoms with Crippen molar-refractivity contribution in [3.63, 3.8) is 0 Å². The SMILES string of the molecule is COc1ccc(CN2CCN(C3CCCC3)CC2)cc1Br. The molecule has 0 radical (unpaired) electrons. The first-order valence-electron chi connectivity index (χ1n) is 8.05. The molecule has 0 amide bonds. The van der Waals surface area contributed by atoms with Crippen LogP contribution in [0.2, 0.25) is 0 Å². The predicted octanol–water partition coefficient (Wildman–Crippen LogP) is 3.52. The number of nitrogens with zero attached hydrogens (tertiary/aromatic N) is 2. The summed E-state index contributed by atoms with van der Waals surface area (Å²) in [5.74, 6) is 0.907. The molecular formula is C17H25BrN2O. The normalized spacial score (nSPS) is 21.8. The van der Waals surface area contributed by atoms with Crippen molar-refractivity contribution in [1.82, 2.24) is 9.80 Å². The Morgan fingerprint density at radius 2 is 1.86 bits per heavy atom. The van der Waals surface area contributed by atoms with E-state index in [1.807, 2.05) is 6.07 Å². The van der Waals surface area contributed by atoms with E-state index < -0.39 is 0 Å². The molecule has 0 spiro atoms. The van der Waals surface area contributed by atoms with Crippen LogP contribution >= 0.6 is 15.9 Å². The van der Waals surface area contributed by atoms with Gasteiger partial charge < -0.3 is 4.74 Å². The third-order valence-corrected chi connectivity index (χ3v) is 5.49. The van der Waals surface area contributed by atoms with Gasteiger partial charge in [-0.2, -0.15) is 0 Å². The van der Waals surface area contributed by atoms with Gasteiger partial charge in [-0.1, -0.05) is 18.9 Å². The molecule has 116 valence electrons. The first-order valence-corrected chi connectivity index (χ1v) is 8.84. The molecule has 1 saturated heterocycles. The number of methoxy groups -OCH3 is 1. The van der Waals surface area contributed by atoms with Crippen molar-refractivity contribution in [2.24, 2.45) is 0 Å². The average molecular weight is 353 g/mol. The van der Waals surface area contributed by atoms with E-state index in [4.69, 9.17) is 4.74 Å². The summed E-state index contributed by atoms with van der Waals surface area (Å²) in [7, 11) is 1.71. The molecule has 1 aliphatic heterocycles. The van der Waals surface area contributed by atoms with Gasteiger partial charge in [0.05, 0.1) is 11.6 Å². The highest BCUT2D eigenvalue weighted by atomic mass is 79.9. The fourth-order valence-electron chi connectivity index (χ4n) is 3.62. The summed E-state index contributed by atoms with van der Waals surface area (Å²) in [5.41, 5.74) is 1.36. The molecule has 1 saturated carbocycles. The van der Waals surface area contributed by atoms with Gasteiger partial charge >= 0.3 is 0 Å². The van der Waals surface area contributed by atoms with Crippen LogP contribution in [0.25, 0.3) is 0 Å². The molecule has 0 aromatic heterocycles. The first kappa shape index (κ1) is 15.3. The van der Waals surface area contributed by atoms with E-state index >= 15 is 0 Å². The summed E-state index contributed by atoms with van der Waals surface area (Å²) in [6, 6.07) is 7.28. The summed E-state index contributed by atoms with van der Waals surface area (Å²) in [5, 5.41) is 0. The van der Waals surface area contributed by atoms with Gasteiger partial charge in [-0.25, -0.2) is 0 Å². The number of benzene rings is 1. The van der Waals surface area contributed by atoms with E-state index in [2.05, 4.69) is 37.9 Å². The van der Waals surface area contributed by atoms with Gasteiger partial charge in [-0.3, -0.25) is 9.80 Å². The third-order valence-electron chi connectivity index (χ3n) is 4.87. The van der Waals surface area contributed by atoms with Crippen LogP contribution in [0.5, 0.6) is 5.75 Å². The number of halogens is 1. The molecule has 0 N–H and O–H groups in total. The third kappa shape index (κ3) is 3.79. The lowest BCUT2D eigenvalue weighted by atomic mass is 10.1. The molecule has 3 rings (SSSR count). The summed E-state index contributed by atoms with van der Waals surface area (Å²) < 4.78 is 6.34. The molecule has 0 unspecified atom stereocenters. The highest BCUT2D eigenvalue weighted by molar-refractivity contribution is 9.10. The number of hydrogen-bond acceptors (Lipinski definition) is 3. The second-order valence-electron chi connectivity index (χ2n) is 6.22. The molecule has 2 aliphatic rings. The fourth-order valence-corrected chi connectivity index (χ4v) is 4.21. The second kappa shape index (κ2) is 7.12. The van der Waals surface area contributed by atoms with Gasteiger partial charge in [0.2, 0.25) is 0 Å². The molecule has 4 heteroatoms. The van der Waals surface area contributed by atoms with E-state index in [1.165, 1.54) is 57.4 Å². The van der Waals surface area contributed by atoms with E-state index in [9.17, 15) is 0 Å². The van der Waals surface area contributed by atoms with Crippen molar-refractivity contribution >= 4 is 15.9 Å². The molecule has 1 aromatic carbocycles. The summed E-state index contributed by atoms with van der Waals surface area (Å²) in [4.78, 5) is 5.28. The van der Waals surface area contributed by atoms with Crippen LogP contribution in [0.1, 0.15) is 31.2 Å². The fraction of sp³-hybridized carbons (Fsp3) is 0.647. The molecule has 2 fully saturated rings. The van der Waals surface area contributed by atoms with Crippen LogP contribution in [0.4, 0.5) is 0 Å². The highest BCUT2D eigenvalue weighted by Crippen LogP contribution is 2.27. The van der Waals surface area contributed by atoms with Gasteiger partial charge in [0, 0.05) is 38.8 Å². The van der Waals surface area contributed by atoms with Gasteiger partial charge in [0.25, 0.3) is 0 Å². The molecule has 3 nitrogen and oxygen atoms in total. The number of rotatable bonds is 4. The number of hydrogen-bond donors (Lipinski definition) is 0. The second-order valence-corrected chi connectivity index (χ2v) is 7.07. The van der Waals surface area contributed by atoms with Crippen LogP contribution < -0.4 is 4.74 Å². The van der Waals surface area contributed by atoms with Crippen molar-refractivity contribution in [2.75, 3.05) is 33.3 Å². The first-order chi connectivity index (χ1) is 10.3. The molecule has 1 heterocycles. The molecule has 1 aromatic rings. The Hall–Kier alpha value is -0.580. The molecule has 1 aliphatic carbocycles. The standard InChI is InChI=1S/C17H25BrN2O/c1-21-17-7-6-14(12-16(17)18)13-19-8-10-20(11-9-19)15-4-2-3-5-15/h6-7,12,15H,2-5,8-11,13H2,1H3. The molecule has 0 atom stereocenters. The lowest BCUT2D eigenvalue weighted by molar-refractivity contribution is 0.0937. The Balaban J connectivity index is 1.51. The minimum absolute atomic E-state index is 0.877. The van der Waals surface area contributed by atoms with Gasteiger partial charge in [-0.15, -0.1) is 0 Å². The van der Waals surface area contributed by atoms with Gasteiger partial charge in [0.15, 0.2) is 0 Å². The topological polar surface area (TPSA) is 15.7 Å². The Morgan fingerprint density at radius 3 is 2.48 bits per heavy atom. The number of piperazine rings is 1. The van der Waals surface area contributed by atoms with Gasteiger partial charge in [-0.05, 0) is 46.5 Å². The maximum absolute atomic E-state index is 5.29. The van der Waals surface area contributed by atoms with E-state index in [1.54, 1.807) is 7.11 Å². The molecule has 21 heavy (non-hydrogen) atoms. The largest absolute Gasteiger partial charge is 0.496 e. The Bertz CT molecular complexity index is 466. The lowest BCUT2D eigenvalue weighted by Crippen LogP contribution is -2.49. The van der Waals surface area contributed by atoms with Gasteiger partial charge in [0.1, 0.15) is 5.75 Å². The number of ether oxygens (including phenoxy) is 1. The van der Waals surface area contributed by atoms with Crippen molar-refractivity contribution in [1.29, 1.82) is 0 Å². The maximum atomic E-state index is 5.29. The van der Waals surface area contributed by atoms with E-state index in [-0.39, 0.29) is 0 Å². The van der Waals surface area contributed by atoms with Crippen LogP contribution in [0.3, 0.4) is 0 Å². The Morgan fingerprint density at radius 1 is 1.14 bits per heavy atom. The zero-order valence-electron chi connectivity index (χ0n) is 12.9. The minimum atomic E-state index is 0.877. The van der Waals surface area contributed by atoms with Crippen molar-refractivity contribution in [3.8, 4) is 5.75 Å². The monoisotopic (exact) mass is 352 g/mol. The summed E-state index contributed by atoms with van der Waals surface area (Å²) >= 11 is 3.57. The minimum Gasteiger partial charge on any atom is -0.496 e. The quantitative estimate of drug-likeness (QED) is 0.824. The predicted molar refractivity (Wildman–Crippen MR) is 89.8 cm³/mol. The van der Waals surface area contributed by atoms with Crippen LogP contribution in [0, 0.1) is 0 Å². The zero-order chi connectivity index (χ0) is 14.7. The van der Waals surface area contributed by atoms with E-state index in [0.29, 0.717) is 0 Å². The highest BCUT2D eigenvalue weighted by Gasteiger charge is 2.25. The zero-order valence-corrected chi connectivity index (χ0v) is 14.4. The lowest BCUT2D eigenvalue weighted by Gasteiger charge is -2.38.